The molecule has 0 saturated carbocycles. The predicted molar refractivity (Wildman–Crippen MR) is 119 cm³/mol. The van der Waals surface area contributed by atoms with E-state index in [0.717, 1.165) is 15.6 Å². The summed E-state index contributed by atoms with van der Waals surface area (Å²) in [5.74, 6) is 0.124. The fraction of sp³-hybridized carbons (Fsp3) is 0.364. The van der Waals surface area contributed by atoms with E-state index in [0.29, 0.717) is 10.8 Å². The number of halogens is 2. The molecule has 0 bridgehead atoms. The number of rotatable bonds is 8. The molecule has 0 aromatic heterocycles. The zero-order chi connectivity index (χ0) is 21.6. The van der Waals surface area contributed by atoms with E-state index in [1.54, 1.807) is 25.1 Å². The smallest absolute Gasteiger partial charge is 0.261 e. The van der Waals surface area contributed by atoms with Gasteiger partial charge in [0.2, 0.25) is 5.91 Å². The Balaban J connectivity index is 2.15. The van der Waals surface area contributed by atoms with Gasteiger partial charge in [-0.05, 0) is 69.2 Å². The number of nitrogens with one attached hydrogen (secondary N) is 1. The van der Waals surface area contributed by atoms with Gasteiger partial charge in [-0.2, -0.15) is 0 Å². The van der Waals surface area contributed by atoms with Crippen molar-refractivity contribution in [3.63, 3.8) is 0 Å². The minimum absolute atomic E-state index is 0.0144. The first-order valence-corrected chi connectivity index (χ1v) is 10.6. The average Bonchev–Trinajstić information content (AvgIpc) is 2.67. The lowest BCUT2D eigenvalue weighted by Gasteiger charge is -2.29. The normalized spacial score (nSPS) is 11.8. The van der Waals surface area contributed by atoms with Crippen LogP contribution in [0.1, 0.15) is 31.9 Å². The highest BCUT2D eigenvalue weighted by molar-refractivity contribution is 9.10. The summed E-state index contributed by atoms with van der Waals surface area (Å²) < 4.78 is 6.66. The molecule has 0 heterocycles. The Morgan fingerprint density at radius 3 is 2.38 bits per heavy atom. The molecule has 0 aliphatic carbocycles. The van der Waals surface area contributed by atoms with Crippen LogP contribution in [0.3, 0.4) is 0 Å². The fourth-order valence-corrected chi connectivity index (χ4v) is 3.08. The third kappa shape index (κ3) is 7.05. The van der Waals surface area contributed by atoms with E-state index >= 15 is 0 Å². The highest BCUT2D eigenvalue weighted by atomic mass is 79.9. The first-order valence-electron chi connectivity index (χ1n) is 9.40. The third-order valence-electron chi connectivity index (χ3n) is 4.36. The van der Waals surface area contributed by atoms with Crippen molar-refractivity contribution in [2.24, 2.45) is 0 Å². The Morgan fingerprint density at radius 2 is 1.79 bits per heavy atom. The van der Waals surface area contributed by atoms with Gasteiger partial charge in [-0.1, -0.05) is 39.7 Å². The number of hydrogen-bond acceptors (Lipinski definition) is 3. The van der Waals surface area contributed by atoms with Crippen molar-refractivity contribution in [2.45, 2.75) is 46.3 Å². The number of carbonyl (C=O) groups is 2. The summed E-state index contributed by atoms with van der Waals surface area (Å²) in [7, 11) is 0. The van der Waals surface area contributed by atoms with Gasteiger partial charge in [0, 0.05) is 22.1 Å². The summed E-state index contributed by atoms with van der Waals surface area (Å²) in [6.45, 7) is 7.56. The Morgan fingerprint density at radius 1 is 1.14 bits per heavy atom. The largest absolute Gasteiger partial charge is 0.484 e. The molecule has 0 saturated heterocycles. The minimum atomic E-state index is -0.643. The van der Waals surface area contributed by atoms with Crippen LogP contribution in [0.25, 0.3) is 0 Å². The van der Waals surface area contributed by atoms with Crippen molar-refractivity contribution in [1.82, 2.24) is 10.2 Å². The Kier molecular flexibility index (Phi) is 8.53. The van der Waals surface area contributed by atoms with E-state index in [9.17, 15) is 9.59 Å². The first kappa shape index (κ1) is 23.2. The van der Waals surface area contributed by atoms with Crippen molar-refractivity contribution in [3.05, 3.63) is 63.1 Å². The molecule has 7 heteroatoms. The number of hydrogen-bond donors (Lipinski definition) is 1. The van der Waals surface area contributed by atoms with Gasteiger partial charge in [0.25, 0.3) is 5.91 Å². The van der Waals surface area contributed by atoms with Gasteiger partial charge in [-0.15, -0.1) is 0 Å². The maximum atomic E-state index is 13.0. The molecule has 1 N–H and O–H groups in total. The van der Waals surface area contributed by atoms with Crippen LogP contribution in [0.15, 0.2) is 46.9 Å². The van der Waals surface area contributed by atoms with Crippen LogP contribution < -0.4 is 10.1 Å². The Hall–Kier alpha value is -2.05. The molecule has 1 atom stereocenters. The minimum Gasteiger partial charge on any atom is -0.484 e. The monoisotopic (exact) mass is 480 g/mol. The lowest BCUT2D eigenvalue weighted by molar-refractivity contribution is -0.142. The number of amides is 2. The van der Waals surface area contributed by atoms with Crippen molar-refractivity contribution in [1.29, 1.82) is 0 Å². The predicted octanol–water partition coefficient (Wildman–Crippen LogP) is 4.73. The van der Waals surface area contributed by atoms with Crippen LogP contribution >= 0.6 is 27.5 Å². The van der Waals surface area contributed by atoms with E-state index < -0.39 is 6.04 Å². The molecule has 0 radical (unpaired) electrons. The van der Waals surface area contributed by atoms with E-state index in [-0.39, 0.29) is 31.0 Å². The molecule has 2 rings (SSSR count). The number of aryl methyl sites for hydroxylation is 1. The molecular weight excluding hydrogens is 456 g/mol. The van der Waals surface area contributed by atoms with Gasteiger partial charge >= 0.3 is 0 Å². The van der Waals surface area contributed by atoms with Crippen molar-refractivity contribution >= 4 is 39.3 Å². The molecule has 0 aliphatic heterocycles. The topological polar surface area (TPSA) is 58.6 Å². The number of ether oxygens (including phenoxy) is 1. The van der Waals surface area contributed by atoms with E-state index in [4.69, 9.17) is 16.3 Å². The van der Waals surface area contributed by atoms with Gasteiger partial charge in [-0.25, -0.2) is 0 Å². The first-order chi connectivity index (χ1) is 13.7. The number of nitrogens with zero attached hydrogens (tertiary/aromatic N) is 1. The summed E-state index contributed by atoms with van der Waals surface area (Å²) in [5, 5.41) is 3.48. The summed E-state index contributed by atoms with van der Waals surface area (Å²) in [6, 6.07) is 12.1. The second-order valence-corrected chi connectivity index (χ2v) is 8.48. The standard InChI is InChI=1S/C22H26BrClN2O3/c1-14(2)25-22(28)16(4)26(12-17-5-7-18(24)8-6-17)21(27)13-29-19-9-10-20(23)15(3)11-19/h5-11,14,16H,12-13H2,1-4H3,(H,25,28)/t16-/m1/s1. The van der Waals surface area contributed by atoms with E-state index in [1.807, 2.05) is 45.0 Å². The molecule has 5 nitrogen and oxygen atoms in total. The van der Waals surface area contributed by atoms with E-state index in [1.165, 1.54) is 4.90 Å². The summed E-state index contributed by atoms with van der Waals surface area (Å²) in [5.41, 5.74) is 1.89. The lowest BCUT2D eigenvalue weighted by Crippen LogP contribution is -2.50. The van der Waals surface area contributed by atoms with Gasteiger partial charge < -0.3 is 15.0 Å². The Bertz CT molecular complexity index is 856. The maximum Gasteiger partial charge on any atom is 0.261 e. The van der Waals surface area contributed by atoms with Crippen molar-refractivity contribution in [2.75, 3.05) is 6.61 Å². The van der Waals surface area contributed by atoms with Crippen LogP contribution in [0.5, 0.6) is 5.75 Å². The van der Waals surface area contributed by atoms with Crippen LogP contribution in [-0.2, 0) is 16.1 Å². The van der Waals surface area contributed by atoms with Gasteiger partial charge in [-0.3, -0.25) is 9.59 Å². The molecule has 29 heavy (non-hydrogen) atoms. The van der Waals surface area contributed by atoms with Crippen LogP contribution in [0, 0.1) is 6.92 Å². The molecule has 2 amide bonds. The molecule has 0 spiro atoms. The SMILES string of the molecule is Cc1cc(OCC(=O)N(Cc2ccc(Cl)cc2)[C@H](C)C(=O)NC(C)C)ccc1Br. The average molecular weight is 482 g/mol. The number of carbonyl (C=O) groups excluding carboxylic acids is 2. The molecule has 0 unspecified atom stereocenters. The zero-order valence-corrected chi connectivity index (χ0v) is 19.4. The molecule has 156 valence electrons. The van der Waals surface area contributed by atoms with E-state index in [2.05, 4.69) is 21.2 Å². The van der Waals surface area contributed by atoms with Gasteiger partial charge in [0.05, 0.1) is 0 Å². The van der Waals surface area contributed by atoms with Crippen molar-refractivity contribution < 1.29 is 14.3 Å². The molecule has 2 aromatic rings. The summed E-state index contributed by atoms with van der Waals surface area (Å²) in [6.07, 6.45) is 0. The molecular formula is C22H26BrClN2O3. The quantitative estimate of drug-likeness (QED) is 0.593. The molecule has 0 aliphatic rings. The van der Waals surface area contributed by atoms with Crippen LogP contribution in [-0.4, -0.2) is 35.4 Å². The van der Waals surface area contributed by atoms with Gasteiger partial charge in [0.1, 0.15) is 11.8 Å². The third-order valence-corrected chi connectivity index (χ3v) is 5.50. The maximum absolute atomic E-state index is 13.0. The Labute approximate surface area is 185 Å². The second-order valence-electron chi connectivity index (χ2n) is 7.19. The van der Waals surface area contributed by atoms with Crippen LogP contribution in [0.2, 0.25) is 5.02 Å². The summed E-state index contributed by atoms with van der Waals surface area (Å²) >= 11 is 9.40. The lowest BCUT2D eigenvalue weighted by atomic mass is 10.1. The highest BCUT2D eigenvalue weighted by Gasteiger charge is 2.26. The molecule has 2 aromatic carbocycles. The molecule has 0 fully saturated rings. The fourth-order valence-electron chi connectivity index (χ4n) is 2.71. The van der Waals surface area contributed by atoms with Crippen LogP contribution in [0.4, 0.5) is 0 Å². The summed E-state index contributed by atoms with van der Waals surface area (Å²) in [4.78, 5) is 27.0. The highest BCUT2D eigenvalue weighted by Crippen LogP contribution is 2.22. The second kappa shape index (κ2) is 10.6. The van der Waals surface area contributed by atoms with Gasteiger partial charge in [0.15, 0.2) is 6.61 Å². The van der Waals surface area contributed by atoms with Crippen molar-refractivity contribution in [3.8, 4) is 5.75 Å². The zero-order valence-electron chi connectivity index (χ0n) is 17.0. The number of benzene rings is 2.